The topological polar surface area (TPSA) is 87.8 Å². The van der Waals surface area contributed by atoms with Gasteiger partial charge in [0, 0.05) is 73.0 Å². The Morgan fingerprint density at radius 1 is 0.941 bits per heavy atom. The van der Waals surface area contributed by atoms with E-state index in [-0.39, 0.29) is 18.0 Å². The smallest absolute Gasteiger partial charge is 0.319 e. The molecule has 262 valence electrons. The summed E-state index contributed by atoms with van der Waals surface area (Å²) in [5, 5.41) is 5.20. The van der Waals surface area contributed by atoms with E-state index in [2.05, 4.69) is 57.6 Å². The average Bonchev–Trinajstić information content (AvgIpc) is 3.52. The first-order chi connectivity index (χ1) is 24.6. The van der Waals surface area contributed by atoms with E-state index < -0.39 is 0 Å². The molecule has 0 bridgehead atoms. The van der Waals surface area contributed by atoms with Gasteiger partial charge in [-0.2, -0.15) is 0 Å². The largest absolute Gasteiger partial charge is 0.351 e. The number of carbonyl (C=O) groups excluding carboxylic acids is 2. The normalized spacial score (nSPS) is 14.2. The van der Waals surface area contributed by atoms with Gasteiger partial charge in [-0.05, 0) is 73.1 Å². The van der Waals surface area contributed by atoms with Gasteiger partial charge in [-0.15, -0.1) is 0 Å². The molecule has 11 heteroatoms. The zero-order valence-electron chi connectivity index (χ0n) is 29.2. The Morgan fingerprint density at radius 3 is 2.29 bits per heavy atom. The predicted octanol–water partition coefficient (Wildman–Crippen LogP) is 9.02. The lowest BCUT2D eigenvalue weighted by Gasteiger charge is -2.37. The van der Waals surface area contributed by atoms with Crippen LogP contribution in [-0.4, -0.2) is 76.9 Å². The minimum Gasteiger partial charge on any atom is -0.351 e. The molecule has 3 amide bonds. The highest BCUT2D eigenvalue weighted by Gasteiger charge is 2.30. The fourth-order valence-corrected chi connectivity index (χ4v) is 6.89. The van der Waals surface area contributed by atoms with Crippen molar-refractivity contribution in [3.05, 3.63) is 136 Å². The highest BCUT2D eigenvalue weighted by molar-refractivity contribution is 6.31. The molecule has 0 spiro atoms. The van der Waals surface area contributed by atoms with Crippen molar-refractivity contribution in [2.45, 2.75) is 19.9 Å². The number of piperazine rings is 1. The second-order valence-electron chi connectivity index (χ2n) is 12.7. The number of nitrogens with zero attached hydrogens (tertiary/aromatic N) is 5. The molecule has 0 aliphatic carbocycles. The van der Waals surface area contributed by atoms with E-state index in [1.807, 2.05) is 71.6 Å². The van der Waals surface area contributed by atoms with Crippen LogP contribution in [0.5, 0.6) is 0 Å². The molecular formula is C40H41Cl2N7O2. The molecule has 1 atom stereocenters. The number of nitrogens with one attached hydrogen (secondary N) is 2. The highest BCUT2D eigenvalue weighted by atomic mass is 35.5. The number of amides is 3. The summed E-state index contributed by atoms with van der Waals surface area (Å²) in [6.45, 7) is 10.7. The number of benzene rings is 3. The van der Waals surface area contributed by atoms with E-state index in [1.54, 1.807) is 37.5 Å². The number of hydrogen-bond acceptors (Lipinski definition) is 5. The summed E-state index contributed by atoms with van der Waals surface area (Å²) in [6.07, 6.45) is 3.51. The van der Waals surface area contributed by atoms with Crippen LogP contribution in [-0.2, 0) is 0 Å². The number of hydrogen-bond donors (Lipinski definition) is 2. The Kier molecular flexibility index (Phi) is 10.7. The minimum atomic E-state index is -0.338. The first kappa shape index (κ1) is 35.6. The summed E-state index contributed by atoms with van der Waals surface area (Å²) in [5.74, 6) is 0.304. The zero-order chi connectivity index (χ0) is 36.2. The van der Waals surface area contributed by atoms with Gasteiger partial charge in [0.15, 0.2) is 5.82 Å². The number of anilines is 2. The number of halogens is 2. The van der Waals surface area contributed by atoms with Crippen LogP contribution >= 0.6 is 23.2 Å². The van der Waals surface area contributed by atoms with Gasteiger partial charge in [0.05, 0.1) is 17.4 Å². The van der Waals surface area contributed by atoms with Crippen molar-refractivity contribution < 1.29 is 9.59 Å². The molecule has 1 aliphatic heterocycles. The van der Waals surface area contributed by atoms with E-state index in [4.69, 9.17) is 23.2 Å². The molecule has 6 rings (SSSR count). The molecular weight excluding hydrogens is 681 g/mol. The summed E-state index contributed by atoms with van der Waals surface area (Å²) >= 11 is 12.8. The molecule has 2 aromatic heterocycles. The lowest BCUT2D eigenvalue weighted by atomic mass is 9.95. The Bertz CT molecular complexity index is 2090. The van der Waals surface area contributed by atoms with Crippen molar-refractivity contribution in [3.63, 3.8) is 0 Å². The molecule has 1 saturated heterocycles. The summed E-state index contributed by atoms with van der Waals surface area (Å²) in [6, 6.07) is 26.9. The van der Waals surface area contributed by atoms with Crippen molar-refractivity contribution in [3.8, 4) is 0 Å². The van der Waals surface area contributed by atoms with Gasteiger partial charge in [0.1, 0.15) is 5.69 Å². The van der Waals surface area contributed by atoms with Gasteiger partial charge in [-0.25, -0.2) is 9.78 Å². The number of rotatable bonds is 9. The second-order valence-corrected chi connectivity index (χ2v) is 13.6. The highest BCUT2D eigenvalue weighted by Crippen LogP contribution is 2.41. The fraction of sp³-hybridized carbons (Fsp3) is 0.225. The quantitative estimate of drug-likeness (QED) is 0.159. The Balaban J connectivity index is 1.45. The van der Waals surface area contributed by atoms with Gasteiger partial charge in [0.25, 0.3) is 5.91 Å². The third-order valence-corrected chi connectivity index (χ3v) is 9.77. The van der Waals surface area contributed by atoms with Gasteiger partial charge in [0.2, 0.25) is 0 Å². The maximum absolute atomic E-state index is 14.6. The van der Waals surface area contributed by atoms with E-state index in [0.29, 0.717) is 59.0 Å². The summed E-state index contributed by atoms with van der Waals surface area (Å²) in [7, 11) is 3.50. The summed E-state index contributed by atoms with van der Waals surface area (Å²) < 4.78 is 0. The van der Waals surface area contributed by atoms with Crippen LogP contribution in [0.1, 0.15) is 47.1 Å². The van der Waals surface area contributed by atoms with Crippen molar-refractivity contribution in [2.75, 3.05) is 50.5 Å². The standard InChI is InChI=1S/C40H41Cl2N7O2/c1-6-49(27(3)29-14-16-30(41)17-15-29)37(26(2)28-11-8-7-9-12-28)35-32-19-18-31(42)25-34(32)44-36(35)39(50)45-33-13-10-20-43-38(33)47-21-23-48(24-22-47)40(51)46(4)5/h6-20,25,27,44H,1,21-24H2,2-5H3,(H,45,50)/b37-26+. The monoisotopic (exact) mass is 721 g/mol. The molecule has 0 saturated carbocycles. The van der Waals surface area contributed by atoms with Crippen LogP contribution in [0, 0.1) is 0 Å². The molecule has 1 unspecified atom stereocenters. The molecule has 0 radical (unpaired) electrons. The predicted molar refractivity (Wildman–Crippen MR) is 209 cm³/mol. The van der Waals surface area contributed by atoms with Crippen LogP contribution in [0.3, 0.4) is 0 Å². The number of urea groups is 1. The van der Waals surface area contributed by atoms with Crippen molar-refractivity contribution in [1.29, 1.82) is 0 Å². The number of allylic oxidation sites excluding steroid dienone is 1. The average molecular weight is 723 g/mol. The molecule has 2 N–H and O–H groups in total. The van der Waals surface area contributed by atoms with E-state index in [1.165, 1.54) is 0 Å². The van der Waals surface area contributed by atoms with Crippen molar-refractivity contribution >= 4 is 68.8 Å². The minimum absolute atomic E-state index is 0.0238. The summed E-state index contributed by atoms with van der Waals surface area (Å²) in [4.78, 5) is 42.9. The molecule has 5 aromatic rings. The first-order valence-corrected chi connectivity index (χ1v) is 17.5. The lowest BCUT2D eigenvalue weighted by molar-refractivity contribution is 0.102. The maximum atomic E-state index is 14.6. The van der Waals surface area contributed by atoms with E-state index >= 15 is 0 Å². The zero-order valence-corrected chi connectivity index (χ0v) is 30.7. The first-order valence-electron chi connectivity index (χ1n) is 16.8. The van der Waals surface area contributed by atoms with Crippen LogP contribution in [0.4, 0.5) is 16.3 Å². The fourth-order valence-electron chi connectivity index (χ4n) is 6.59. The summed E-state index contributed by atoms with van der Waals surface area (Å²) in [5.41, 5.74) is 6.15. The molecule has 1 aliphatic rings. The molecule has 1 fully saturated rings. The SMILES string of the molecule is C=CN(/C(=C(\C)c1ccccc1)c1c(C(=O)Nc2cccnc2N2CCN(C(=O)N(C)C)CC2)[nH]c2cc(Cl)ccc12)C(C)c1ccc(Cl)cc1. The molecule has 9 nitrogen and oxygen atoms in total. The van der Waals surface area contributed by atoms with Crippen molar-refractivity contribution in [2.24, 2.45) is 0 Å². The number of aromatic amines is 1. The van der Waals surface area contributed by atoms with Gasteiger partial charge >= 0.3 is 6.03 Å². The van der Waals surface area contributed by atoms with E-state index in [9.17, 15) is 9.59 Å². The number of pyridine rings is 1. The van der Waals surface area contributed by atoms with E-state index in [0.717, 1.165) is 33.3 Å². The maximum Gasteiger partial charge on any atom is 0.319 e. The number of H-pyrrole nitrogens is 1. The van der Waals surface area contributed by atoms with Gasteiger partial charge < -0.3 is 29.9 Å². The molecule has 3 heterocycles. The number of aromatic nitrogens is 2. The van der Waals surface area contributed by atoms with Crippen LogP contribution in [0.15, 0.2) is 104 Å². The van der Waals surface area contributed by atoms with Crippen LogP contribution < -0.4 is 10.2 Å². The Morgan fingerprint density at radius 2 is 1.63 bits per heavy atom. The van der Waals surface area contributed by atoms with Gasteiger partial charge in [-0.1, -0.05) is 78.3 Å². The lowest BCUT2D eigenvalue weighted by Crippen LogP contribution is -2.51. The van der Waals surface area contributed by atoms with Crippen molar-refractivity contribution in [1.82, 2.24) is 24.7 Å². The number of fused-ring (bicyclic) bond motifs is 1. The molecule has 51 heavy (non-hydrogen) atoms. The Hall–Kier alpha value is -5.25. The Labute approximate surface area is 308 Å². The second kappa shape index (κ2) is 15.3. The number of carbonyl (C=O) groups is 2. The van der Waals surface area contributed by atoms with Gasteiger partial charge in [-0.3, -0.25) is 4.79 Å². The third kappa shape index (κ3) is 7.45. The third-order valence-electron chi connectivity index (χ3n) is 9.28. The molecule has 3 aromatic carbocycles. The van der Waals surface area contributed by atoms with Crippen LogP contribution in [0.2, 0.25) is 10.0 Å². The van der Waals surface area contributed by atoms with Crippen LogP contribution in [0.25, 0.3) is 22.2 Å².